The predicted octanol–water partition coefficient (Wildman–Crippen LogP) is 4.06. The van der Waals surface area contributed by atoms with E-state index in [4.69, 9.17) is 84.8 Å². The Morgan fingerprint density at radius 2 is 1.03 bits per heavy atom. The molecule has 220 valence electrons. The van der Waals surface area contributed by atoms with E-state index in [9.17, 15) is 0 Å². The molecule has 2 heterocycles. The molecule has 14 heteroatoms. The molecule has 0 aromatic rings. The molecule has 2 rings (SSSR count). The van der Waals surface area contributed by atoms with Gasteiger partial charge in [-0.3, -0.25) is 9.80 Å². The first-order chi connectivity index (χ1) is 18.0. The summed E-state index contributed by atoms with van der Waals surface area (Å²) in [5.74, 6) is 0. The van der Waals surface area contributed by atoms with Gasteiger partial charge in [0, 0.05) is 23.9 Å². The molecule has 2 unspecified atom stereocenters. The Bertz CT molecular complexity index is 937. The lowest BCUT2D eigenvalue weighted by Gasteiger charge is -2.52. The van der Waals surface area contributed by atoms with Crippen molar-refractivity contribution in [1.29, 1.82) is 0 Å². The molecular formula is C25H44N8S6. The topological polar surface area (TPSA) is 71.5 Å². The highest BCUT2D eigenvalue weighted by Gasteiger charge is 2.49. The molecule has 0 radical (unpaired) electrons. The van der Waals surface area contributed by atoms with Gasteiger partial charge in [-0.2, -0.15) is 0 Å². The van der Waals surface area contributed by atoms with Crippen LogP contribution in [0.4, 0.5) is 0 Å². The molecule has 4 N–H and O–H groups in total. The maximum Gasteiger partial charge on any atom is 0.178 e. The minimum Gasteiger partial charge on any atom is -0.376 e. The van der Waals surface area contributed by atoms with Crippen molar-refractivity contribution in [1.82, 2.24) is 29.4 Å². The van der Waals surface area contributed by atoms with Crippen LogP contribution in [0.25, 0.3) is 0 Å². The minimum atomic E-state index is -0.358. The van der Waals surface area contributed by atoms with Crippen LogP contribution >= 0.6 is 73.3 Å². The van der Waals surface area contributed by atoms with E-state index in [0.29, 0.717) is 23.3 Å². The lowest BCUT2D eigenvalue weighted by Crippen LogP contribution is -2.67. The average Bonchev–Trinajstić information content (AvgIpc) is 3.31. The van der Waals surface area contributed by atoms with Gasteiger partial charge in [0.2, 0.25) is 0 Å². The Balaban J connectivity index is 2.69. The number of rotatable bonds is 12. The van der Waals surface area contributed by atoms with Crippen molar-refractivity contribution in [2.75, 3.05) is 32.8 Å². The van der Waals surface area contributed by atoms with Gasteiger partial charge in [-0.15, -0.1) is 0 Å². The lowest BCUT2D eigenvalue weighted by atomic mass is 9.84. The predicted molar refractivity (Wildman–Crippen MR) is 186 cm³/mol. The van der Waals surface area contributed by atoms with E-state index in [1.54, 1.807) is 0 Å². The third-order valence-corrected chi connectivity index (χ3v) is 10.1. The highest BCUT2D eigenvalue weighted by molar-refractivity contribution is 7.82. The van der Waals surface area contributed by atoms with E-state index >= 15 is 0 Å². The van der Waals surface area contributed by atoms with Crippen LogP contribution in [0.5, 0.6) is 0 Å². The van der Waals surface area contributed by atoms with Crippen LogP contribution in [-0.4, -0.2) is 105 Å². The molecule has 0 saturated carbocycles. The van der Waals surface area contributed by atoms with E-state index in [1.807, 2.05) is 19.6 Å². The summed E-state index contributed by atoms with van der Waals surface area (Å²) >= 11 is 35.0. The zero-order valence-corrected chi connectivity index (χ0v) is 29.3. The number of nitrogens with zero attached hydrogens (tertiary/aromatic N) is 6. The van der Waals surface area contributed by atoms with Gasteiger partial charge in [-0.25, -0.2) is 0 Å². The fourth-order valence-corrected chi connectivity index (χ4v) is 6.92. The van der Waals surface area contributed by atoms with E-state index in [0.717, 1.165) is 35.9 Å². The second-order valence-corrected chi connectivity index (χ2v) is 13.8. The smallest absolute Gasteiger partial charge is 0.178 e. The summed E-state index contributed by atoms with van der Waals surface area (Å²) in [4.78, 5) is 13.6. The molecule has 0 aromatic heterocycles. The molecule has 0 amide bonds. The van der Waals surface area contributed by atoms with Crippen molar-refractivity contribution in [3.8, 4) is 0 Å². The normalized spacial score (nSPS) is 18.3. The number of thiocarbonyl (C=S) groups is 6. The van der Waals surface area contributed by atoms with Crippen molar-refractivity contribution in [3.05, 3.63) is 0 Å². The molecule has 0 spiro atoms. The van der Waals surface area contributed by atoms with Crippen molar-refractivity contribution >= 4 is 104 Å². The first kappa shape index (κ1) is 34.1. The van der Waals surface area contributed by atoms with Crippen molar-refractivity contribution in [2.24, 2.45) is 22.3 Å². The van der Waals surface area contributed by atoms with Crippen molar-refractivity contribution in [2.45, 2.75) is 80.6 Å². The Morgan fingerprint density at radius 3 is 1.23 bits per heavy atom. The fourth-order valence-electron chi connectivity index (χ4n) is 4.99. The Morgan fingerprint density at radius 1 is 0.718 bits per heavy atom. The largest absolute Gasteiger partial charge is 0.376 e. The molecule has 2 saturated heterocycles. The van der Waals surface area contributed by atoms with Crippen LogP contribution in [0.2, 0.25) is 0 Å². The molecule has 39 heavy (non-hydrogen) atoms. The van der Waals surface area contributed by atoms with Gasteiger partial charge >= 0.3 is 0 Å². The molecule has 2 aliphatic rings. The molecule has 2 fully saturated rings. The standard InChI is InChI=1S/C25H44N8S6/c1-9-24(5,6)18(32-16(34)13-28(11-3)22(32)38)30(20(26)36)15-31(21(27)37)19(25(7,8)10-2)33-17(35)14-29(12-4)23(33)39/h18-19H,9-15H2,1-8H3,(H2,26,36)(H2,27,37). The number of hydrogen-bond acceptors (Lipinski definition) is 6. The summed E-state index contributed by atoms with van der Waals surface area (Å²) in [5.41, 5.74) is 12.4. The molecule has 2 atom stereocenters. The minimum absolute atomic E-state index is 0.207. The molecule has 0 aromatic carbocycles. The summed E-state index contributed by atoms with van der Waals surface area (Å²) in [6.07, 6.45) is 0.938. The summed E-state index contributed by atoms with van der Waals surface area (Å²) in [5, 5.41) is 1.75. The molecule has 0 bridgehead atoms. The van der Waals surface area contributed by atoms with Crippen molar-refractivity contribution < 1.29 is 0 Å². The van der Waals surface area contributed by atoms with Crippen LogP contribution in [-0.2, 0) is 0 Å². The highest BCUT2D eigenvalue weighted by Crippen LogP contribution is 2.38. The first-order valence-corrected chi connectivity index (χ1v) is 15.8. The van der Waals surface area contributed by atoms with E-state index in [1.165, 1.54) is 0 Å². The summed E-state index contributed by atoms with van der Waals surface area (Å²) in [7, 11) is 0. The molecule has 8 nitrogen and oxygen atoms in total. The summed E-state index contributed by atoms with van der Waals surface area (Å²) in [6, 6.07) is 0. The lowest BCUT2D eigenvalue weighted by molar-refractivity contribution is 0.00812. The zero-order valence-electron chi connectivity index (χ0n) is 24.4. The Hall–Kier alpha value is -1.06. The van der Waals surface area contributed by atoms with Crippen LogP contribution < -0.4 is 11.5 Å². The number of nitrogens with two attached hydrogens (primary N) is 2. The fraction of sp³-hybridized carbons (Fsp3) is 0.760. The number of likely N-dealkylation sites (N-methyl/N-ethyl adjacent to an activating group) is 2. The molecule has 0 aliphatic carbocycles. The quantitative estimate of drug-likeness (QED) is 0.236. The van der Waals surface area contributed by atoms with Gasteiger partial charge in [0.05, 0.1) is 19.8 Å². The Labute approximate surface area is 267 Å². The average molecular weight is 649 g/mol. The zero-order chi connectivity index (χ0) is 30.0. The SMILES string of the molecule is CCN1CC(=S)N(C(N(CN(C(N)=S)C(N2C(=S)CN(CC)C2=S)C(C)(C)CC)C(N)=S)C(C)(C)CC)C1=S. The van der Waals surface area contributed by atoms with E-state index in [2.05, 4.69) is 65.2 Å². The van der Waals surface area contributed by atoms with Crippen LogP contribution in [0.1, 0.15) is 68.2 Å². The highest BCUT2D eigenvalue weighted by atomic mass is 32.1. The van der Waals surface area contributed by atoms with Crippen molar-refractivity contribution in [3.63, 3.8) is 0 Å². The second-order valence-electron chi connectivity index (χ2n) is 11.3. The molecular weight excluding hydrogens is 605 g/mol. The van der Waals surface area contributed by atoms with Crippen LogP contribution in [0, 0.1) is 10.8 Å². The number of hydrogen-bond donors (Lipinski definition) is 2. The third-order valence-electron chi connectivity index (χ3n) is 8.08. The van der Waals surface area contributed by atoms with Gasteiger partial charge in [-0.05, 0) is 75.6 Å². The maximum absolute atomic E-state index is 6.50. The van der Waals surface area contributed by atoms with E-state index < -0.39 is 0 Å². The maximum atomic E-state index is 6.50. The van der Waals surface area contributed by atoms with Gasteiger partial charge < -0.3 is 31.1 Å². The van der Waals surface area contributed by atoms with Gasteiger partial charge in [0.1, 0.15) is 22.3 Å². The van der Waals surface area contributed by atoms with Gasteiger partial charge in [-0.1, -0.05) is 66.0 Å². The second kappa shape index (κ2) is 13.3. The van der Waals surface area contributed by atoms with Crippen LogP contribution in [0.3, 0.4) is 0 Å². The first-order valence-electron chi connectivity index (χ1n) is 13.3. The van der Waals surface area contributed by atoms with E-state index in [-0.39, 0.29) is 40.1 Å². The Kier molecular flexibility index (Phi) is 11.6. The van der Waals surface area contributed by atoms with Crippen LogP contribution in [0.15, 0.2) is 0 Å². The third kappa shape index (κ3) is 6.88. The summed E-state index contributed by atoms with van der Waals surface area (Å²) in [6.45, 7) is 20.0. The van der Waals surface area contributed by atoms with Gasteiger partial charge in [0.25, 0.3) is 0 Å². The van der Waals surface area contributed by atoms with Gasteiger partial charge in [0.15, 0.2) is 20.4 Å². The molecule has 2 aliphatic heterocycles. The monoisotopic (exact) mass is 648 g/mol. The summed E-state index contributed by atoms with van der Waals surface area (Å²) < 4.78 is 0.